The van der Waals surface area contributed by atoms with Gasteiger partial charge in [-0.1, -0.05) is 48.9 Å². The van der Waals surface area contributed by atoms with Gasteiger partial charge < -0.3 is 4.74 Å². The number of imide groups is 1. The zero-order chi connectivity index (χ0) is 19.4. The third kappa shape index (κ3) is 4.08. The number of nitrogens with zero attached hydrogens (tertiary/aromatic N) is 1. The molecule has 5 heteroatoms. The van der Waals surface area contributed by atoms with E-state index in [1.54, 1.807) is 7.11 Å². The molecule has 0 saturated heterocycles. The lowest BCUT2D eigenvalue weighted by atomic mass is 10.0. The van der Waals surface area contributed by atoms with Crippen molar-refractivity contribution in [2.45, 2.75) is 20.3 Å². The van der Waals surface area contributed by atoms with Crippen LogP contribution in [0, 0.1) is 6.92 Å². The molecule has 0 N–H and O–H groups in total. The minimum absolute atomic E-state index is 0.184. The smallest absolute Gasteiger partial charge is 0.267 e. The first-order chi connectivity index (χ1) is 13.0. The average Bonchev–Trinajstić information content (AvgIpc) is 2.91. The molecule has 0 atom stereocenters. The van der Waals surface area contributed by atoms with Crippen molar-refractivity contribution in [3.8, 4) is 5.75 Å². The van der Waals surface area contributed by atoms with E-state index in [1.165, 1.54) is 16.7 Å². The monoisotopic (exact) mass is 381 g/mol. The second kappa shape index (κ2) is 8.44. The van der Waals surface area contributed by atoms with Crippen LogP contribution < -0.4 is 4.74 Å². The van der Waals surface area contributed by atoms with Crippen LogP contribution in [0.4, 0.5) is 0 Å². The van der Waals surface area contributed by atoms with Gasteiger partial charge in [-0.25, -0.2) is 0 Å². The highest BCUT2D eigenvalue weighted by molar-refractivity contribution is 8.04. The van der Waals surface area contributed by atoms with Crippen LogP contribution in [0.1, 0.15) is 23.6 Å². The number of hydrogen-bond acceptors (Lipinski definition) is 4. The van der Waals surface area contributed by atoms with E-state index in [9.17, 15) is 9.59 Å². The van der Waals surface area contributed by atoms with Gasteiger partial charge in [0.1, 0.15) is 5.75 Å². The molecule has 2 aromatic carbocycles. The maximum Gasteiger partial charge on any atom is 0.267 e. The summed E-state index contributed by atoms with van der Waals surface area (Å²) in [4.78, 5) is 27.8. The van der Waals surface area contributed by atoms with Crippen LogP contribution in [0.3, 0.4) is 0 Å². The van der Waals surface area contributed by atoms with Crippen LogP contribution in [0.15, 0.2) is 53.4 Å². The normalized spacial score (nSPS) is 14.3. The van der Waals surface area contributed by atoms with Crippen LogP contribution >= 0.6 is 11.8 Å². The molecular weight excluding hydrogens is 358 g/mol. The third-order valence-electron chi connectivity index (χ3n) is 4.54. The van der Waals surface area contributed by atoms with E-state index in [0.717, 1.165) is 28.2 Å². The van der Waals surface area contributed by atoms with Gasteiger partial charge in [0.2, 0.25) is 0 Å². The van der Waals surface area contributed by atoms with Crippen LogP contribution in [-0.4, -0.2) is 36.1 Å². The molecule has 0 fully saturated rings. The van der Waals surface area contributed by atoms with Crippen molar-refractivity contribution in [2.75, 3.05) is 19.4 Å². The van der Waals surface area contributed by atoms with E-state index >= 15 is 0 Å². The van der Waals surface area contributed by atoms with E-state index in [2.05, 4.69) is 0 Å². The standard InChI is InChI=1S/C22H23NO3S/c1-4-27-20-19(17-9-5-15(2)6-10-17)21(24)23(22(20)25)14-13-16-7-11-18(26-3)12-8-16/h5-12H,4,13-14H2,1-3H3. The Bertz CT molecular complexity index is 869. The Morgan fingerprint density at radius 3 is 2.22 bits per heavy atom. The van der Waals surface area contributed by atoms with Gasteiger partial charge in [-0.15, -0.1) is 11.8 Å². The van der Waals surface area contributed by atoms with Crippen molar-refractivity contribution in [3.05, 3.63) is 70.1 Å². The fourth-order valence-corrected chi connectivity index (χ4v) is 3.91. The second-order valence-electron chi connectivity index (χ2n) is 6.36. The molecule has 140 valence electrons. The van der Waals surface area contributed by atoms with Gasteiger partial charge in [-0.3, -0.25) is 14.5 Å². The van der Waals surface area contributed by atoms with Crippen molar-refractivity contribution in [1.82, 2.24) is 4.90 Å². The zero-order valence-electron chi connectivity index (χ0n) is 15.8. The zero-order valence-corrected chi connectivity index (χ0v) is 16.6. The molecule has 1 heterocycles. The number of hydrogen-bond donors (Lipinski definition) is 0. The van der Waals surface area contributed by atoms with Gasteiger partial charge in [-0.2, -0.15) is 0 Å². The molecule has 0 aromatic heterocycles. The Kier molecular flexibility index (Phi) is 6.01. The molecule has 0 unspecified atom stereocenters. The Labute approximate surface area is 164 Å². The lowest BCUT2D eigenvalue weighted by molar-refractivity contribution is -0.136. The Morgan fingerprint density at radius 2 is 1.63 bits per heavy atom. The van der Waals surface area contributed by atoms with Crippen molar-refractivity contribution < 1.29 is 14.3 Å². The number of methoxy groups -OCH3 is 1. The quantitative estimate of drug-likeness (QED) is 0.678. The summed E-state index contributed by atoms with van der Waals surface area (Å²) in [5.74, 6) is 1.15. The van der Waals surface area contributed by atoms with E-state index in [-0.39, 0.29) is 11.8 Å². The third-order valence-corrected chi connectivity index (χ3v) is 5.49. The van der Waals surface area contributed by atoms with Crippen LogP contribution in [-0.2, 0) is 16.0 Å². The first-order valence-electron chi connectivity index (χ1n) is 8.98. The second-order valence-corrected chi connectivity index (χ2v) is 7.64. The molecule has 0 bridgehead atoms. The molecule has 2 amide bonds. The van der Waals surface area contributed by atoms with Crippen molar-refractivity contribution in [3.63, 3.8) is 0 Å². The molecule has 2 aromatic rings. The molecule has 0 saturated carbocycles. The number of aryl methyl sites for hydroxylation is 1. The fourth-order valence-electron chi connectivity index (χ4n) is 3.04. The SMILES string of the molecule is CCSC1=C(c2ccc(C)cc2)C(=O)N(CCc2ccc(OC)cc2)C1=O. The molecule has 0 spiro atoms. The summed E-state index contributed by atoms with van der Waals surface area (Å²) in [6.45, 7) is 4.36. The van der Waals surface area contributed by atoms with E-state index < -0.39 is 0 Å². The van der Waals surface area contributed by atoms with Crippen molar-refractivity contribution >= 4 is 29.1 Å². The highest BCUT2D eigenvalue weighted by atomic mass is 32.2. The maximum absolute atomic E-state index is 13.0. The summed E-state index contributed by atoms with van der Waals surface area (Å²) in [5, 5.41) is 0. The Hall–Kier alpha value is -2.53. The highest BCUT2D eigenvalue weighted by Crippen LogP contribution is 2.36. The van der Waals surface area contributed by atoms with Crippen LogP contribution in [0.25, 0.3) is 5.57 Å². The average molecular weight is 381 g/mol. The molecule has 1 aliphatic rings. The molecule has 3 rings (SSSR count). The minimum atomic E-state index is -0.201. The van der Waals surface area contributed by atoms with Gasteiger partial charge in [-0.05, 0) is 42.4 Å². The van der Waals surface area contributed by atoms with Gasteiger partial charge >= 0.3 is 0 Å². The predicted octanol–water partition coefficient (Wildman–Crippen LogP) is 4.08. The summed E-state index contributed by atoms with van der Waals surface area (Å²) in [7, 11) is 1.63. The van der Waals surface area contributed by atoms with Gasteiger partial charge in [0.15, 0.2) is 0 Å². The predicted molar refractivity (Wildman–Crippen MR) is 110 cm³/mol. The molecular formula is C22H23NO3S. The molecule has 27 heavy (non-hydrogen) atoms. The summed E-state index contributed by atoms with van der Waals surface area (Å²) in [6.07, 6.45) is 0.618. The lowest BCUT2D eigenvalue weighted by Crippen LogP contribution is -2.33. The molecule has 0 radical (unpaired) electrons. The number of thioether (sulfide) groups is 1. The van der Waals surface area contributed by atoms with Gasteiger partial charge in [0, 0.05) is 6.54 Å². The first-order valence-corrected chi connectivity index (χ1v) is 9.97. The summed E-state index contributed by atoms with van der Waals surface area (Å²) in [5.41, 5.74) is 3.52. The highest BCUT2D eigenvalue weighted by Gasteiger charge is 2.38. The molecule has 4 nitrogen and oxygen atoms in total. The van der Waals surface area contributed by atoms with E-state index in [0.29, 0.717) is 23.4 Å². The fraction of sp³-hybridized carbons (Fsp3) is 0.273. The number of rotatable bonds is 7. The van der Waals surface area contributed by atoms with E-state index in [1.807, 2.05) is 62.4 Å². The largest absolute Gasteiger partial charge is 0.497 e. The number of carbonyl (C=O) groups excluding carboxylic acids is 2. The first kappa shape index (κ1) is 19.2. The summed E-state index contributed by atoms with van der Waals surface area (Å²) < 4.78 is 5.17. The maximum atomic E-state index is 13.0. The van der Waals surface area contributed by atoms with E-state index in [4.69, 9.17) is 4.74 Å². The van der Waals surface area contributed by atoms with Crippen LogP contribution in [0.2, 0.25) is 0 Å². The van der Waals surface area contributed by atoms with Crippen molar-refractivity contribution in [2.24, 2.45) is 0 Å². The van der Waals surface area contributed by atoms with Crippen molar-refractivity contribution in [1.29, 1.82) is 0 Å². The minimum Gasteiger partial charge on any atom is -0.497 e. The van der Waals surface area contributed by atoms with Crippen LogP contribution in [0.5, 0.6) is 5.75 Å². The number of ether oxygens (including phenoxy) is 1. The Morgan fingerprint density at radius 1 is 0.963 bits per heavy atom. The van der Waals surface area contributed by atoms with Gasteiger partial charge in [0.05, 0.1) is 17.6 Å². The topological polar surface area (TPSA) is 46.6 Å². The van der Waals surface area contributed by atoms with Gasteiger partial charge in [0.25, 0.3) is 11.8 Å². The molecule has 1 aliphatic heterocycles. The number of benzene rings is 2. The molecule has 0 aliphatic carbocycles. The number of carbonyl (C=O) groups is 2. The summed E-state index contributed by atoms with van der Waals surface area (Å²) >= 11 is 1.44. The Balaban J connectivity index is 1.81. The summed E-state index contributed by atoms with van der Waals surface area (Å²) in [6, 6.07) is 15.5. The lowest BCUT2D eigenvalue weighted by Gasteiger charge is -2.15. The number of amides is 2.